The molecule has 0 fully saturated rings. The van der Waals surface area contributed by atoms with Gasteiger partial charge >= 0.3 is 0 Å². The van der Waals surface area contributed by atoms with E-state index in [1.807, 2.05) is 25.1 Å². The van der Waals surface area contributed by atoms with Crippen LogP contribution in [-0.2, 0) is 0 Å². The summed E-state index contributed by atoms with van der Waals surface area (Å²) in [7, 11) is 0. The third-order valence-electron chi connectivity index (χ3n) is 5.16. The minimum absolute atomic E-state index is 0.00303. The predicted octanol–water partition coefficient (Wildman–Crippen LogP) is 6.55. The van der Waals surface area contributed by atoms with Crippen molar-refractivity contribution in [2.24, 2.45) is 0 Å². The molecule has 0 saturated heterocycles. The molecule has 1 unspecified atom stereocenters. The van der Waals surface area contributed by atoms with Crippen LogP contribution in [0.1, 0.15) is 81.8 Å². The highest BCUT2D eigenvalue weighted by atomic mass is 16.5. The Morgan fingerprint density at radius 2 is 1.36 bits per heavy atom. The molecule has 3 rings (SSSR count). The van der Waals surface area contributed by atoms with Crippen LogP contribution >= 0.6 is 0 Å². The van der Waals surface area contributed by atoms with E-state index in [1.54, 1.807) is 12.1 Å². The van der Waals surface area contributed by atoms with Gasteiger partial charge in [0, 0.05) is 12.1 Å². The van der Waals surface area contributed by atoms with Crippen LogP contribution in [0, 0.1) is 0 Å². The minimum Gasteiger partial charge on any atom is -0.493 e. The Balaban J connectivity index is 1.92. The summed E-state index contributed by atoms with van der Waals surface area (Å²) in [6.45, 7) is 10.5. The molecule has 1 atom stereocenters. The second-order valence-electron chi connectivity index (χ2n) is 8.13. The standard InChI is InChI=1S/C27H36O6/c1-5-11-29-20-16-25(32-14-8-4)27-21(28)18-23(33-26(27)17-20)19-9-10-22(30-12-6-2)24(15-19)31-13-7-3/h9-10,15-17,23H,5-8,11-14,18H2,1-4H3. The lowest BCUT2D eigenvalue weighted by Gasteiger charge is -2.28. The number of carbonyl (C=O) groups excluding carboxylic acids is 1. The first-order chi connectivity index (χ1) is 16.1. The molecule has 33 heavy (non-hydrogen) atoms. The molecule has 0 amide bonds. The highest BCUT2D eigenvalue weighted by Gasteiger charge is 2.32. The van der Waals surface area contributed by atoms with Gasteiger partial charge in [-0.05, 0) is 43.4 Å². The molecule has 2 aromatic carbocycles. The van der Waals surface area contributed by atoms with E-state index >= 15 is 0 Å². The number of carbonyl (C=O) groups is 1. The molecule has 0 aliphatic carbocycles. The largest absolute Gasteiger partial charge is 0.493 e. The third-order valence-corrected chi connectivity index (χ3v) is 5.16. The van der Waals surface area contributed by atoms with Gasteiger partial charge in [-0.2, -0.15) is 0 Å². The van der Waals surface area contributed by atoms with Crippen molar-refractivity contribution in [3.63, 3.8) is 0 Å². The van der Waals surface area contributed by atoms with Gasteiger partial charge in [0.15, 0.2) is 17.3 Å². The van der Waals surface area contributed by atoms with E-state index in [9.17, 15) is 4.79 Å². The molecule has 1 aliphatic rings. The molecule has 0 aromatic heterocycles. The van der Waals surface area contributed by atoms with Gasteiger partial charge in [0.2, 0.25) is 0 Å². The summed E-state index contributed by atoms with van der Waals surface area (Å²) in [6.07, 6.45) is 3.35. The Hall–Kier alpha value is -2.89. The second kappa shape index (κ2) is 12.4. The van der Waals surface area contributed by atoms with E-state index in [2.05, 4.69) is 20.8 Å². The van der Waals surface area contributed by atoms with Crippen molar-refractivity contribution in [3.8, 4) is 28.7 Å². The number of benzene rings is 2. The molecule has 0 radical (unpaired) electrons. The van der Waals surface area contributed by atoms with Crippen LogP contribution in [0.5, 0.6) is 28.7 Å². The summed E-state index contributed by atoms with van der Waals surface area (Å²) >= 11 is 0. The van der Waals surface area contributed by atoms with Crippen molar-refractivity contribution in [1.29, 1.82) is 0 Å². The zero-order chi connectivity index (χ0) is 23.6. The highest BCUT2D eigenvalue weighted by molar-refractivity contribution is 6.02. The summed E-state index contributed by atoms with van der Waals surface area (Å²) in [5.74, 6) is 3.05. The number of rotatable bonds is 13. The van der Waals surface area contributed by atoms with Gasteiger partial charge in [-0.1, -0.05) is 33.8 Å². The maximum absolute atomic E-state index is 13.2. The van der Waals surface area contributed by atoms with E-state index in [-0.39, 0.29) is 12.2 Å². The van der Waals surface area contributed by atoms with Gasteiger partial charge < -0.3 is 23.7 Å². The average molecular weight is 457 g/mol. The fraction of sp³-hybridized carbons (Fsp3) is 0.519. The van der Waals surface area contributed by atoms with Crippen LogP contribution in [0.3, 0.4) is 0 Å². The Morgan fingerprint density at radius 1 is 0.758 bits per heavy atom. The molecule has 1 heterocycles. The minimum atomic E-state index is -0.422. The monoisotopic (exact) mass is 456 g/mol. The fourth-order valence-corrected chi connectivity index (χ4v) is 3.59. The van der Waals surface area contributed by atoms with Gasteiger partial charge in [0.25, 0.3) is 0 Å². The van der Waals surface area contributed by atoms with E-state index < -0.39 is 6.10 Å². The van der Waals surface area contributed by atoms with E-state index in [0.29, 0.717) is 60.7 Å². The summed E-state index contributed by atoms with van der Waals surface area (Å²) in [5, 5.41) is 0. The second-order valence-corrected chi connectivity index (χ2v) is 8.13. The third kappa shape index (κ3) is 6.34. The summed E-state index contributed by atoms with van der Waals surface area (Å²) in [5.41, 5.74) is 1.37. The fourth-order valence-electron chi connectivity index (χ4n) is 3.59. The maximum atomic E-state index is 13.2. The van der Waals surface area contributed by atoms with Crippen LogP contribution in [0.4, 0.5) is 0 Å². The number of hydrogen-bond donors (Lipinski definition) is 0. The molecule has 180 valence electrons. The molecular weight excluding hydrogens is 420 g/mol. The molecule has 6 nitrogen and oxygen atoms in total. The molecular formula is C27H36O6. The van der Waals surface area contributed by atoms with Crippen LogP contribution in [0.15, 0.2) is 30.3 Å². The number of ketones is 1. The van der Waals surface area contributed by atoms with Gasteiger partial charge in [0.05, 0.1) is 32.8 Å². The molecule has 0 spiro atoms. The van der Waals surface area contributed by atoms with Crippen molar-refractivity contribution < 1.29 is 28.5 Å². The van der Waals surface area contributed by atoms with Crippen LogP contribution in [-0.4, -0.2) is 32.2 Å². The first-order valence-corrected chi connectivity index (χ1v) is 12.1. The lowest BCUT2D eigenvalue weighted by molar-refractivity contribution is 0.0841. The predicted molar refractivity (Wildman–Crippen MR) is 128 cm³/mol. The molecule has 0 N–H and O–H groups in total. The maximum Gasteiger partial charge on any atom is 0.174 e. The van der Waals surface area contributed by atoms with Gasteiger partial charge in [0.1, 0.15) is 28.9 Å². The number of ether oxygens (including phenoxy) is 5. The highest BCUT2D eigenvalue weighted by Crippen LogP contribution is 2.43. The first kappa shape index (κ1) is 24.7. The quantitative estimate of drug-likeness (QED) is 0.341. The van der Waals surface area contributed by atoms with E-state index in [4.69, 9.17) is 23.7 Å². The lowest BCUT2D eigenvalue weighted by Crippen LogP contribution is -2.21. The smallest absolute Gasteiger partial charge is 0.174 e. The Kier molecular flexibility index (Phi) is 9.28. The molecule has 2 aromatic rings. The summed E-state index contributed by atoms with van der Waals surface area (Å²) in [4.78, 5) is 13.2. The van der Waals surface area contributed by atoms with Crippen LogP contribution < -0.4 is 23.7 Å². The van der Waals surface area contributed by atoms with E-state index in [1.165, 1.54) is 0 Å². The molecule has 0 bridgehead atoms. The Bertz CT molecular complexity index is 923. The van der Waals surface area contributed by atoms with Crippen molar-refractivity contribution in [2.45, 2.75) is 65.9 Å². The van der Waals surface area contributed by atoms with Crippen LogP contribution in [0.25, 0.3) is 0 Å². The van der Waals surface area contributed by atoms with Crippen LogP contribution in [0.2, 0.25) is 0 Å². The normalized spacial score (nSPS) is 14.9. The zero-order valence-corrected chi connectivity index (χ0v) is 20.3. The lowest BCUT2D eigenvalue weighted by atomic mass is 9.95. The van der Waals surface area contributed by atoms with Gasteiger partial charge in [-0.25, -0.2) is 0 Å². The number of fused-ring (bicyclic) bond motifs is 1. The first-order valence-electron chi connectivity index (χ1n) is 12.1. The van der Waals surface area contributed by atoms with Gasteiger partial charge in [-0.3, -0.25) is 4.79 Å². The van der Waals surface area contributed by atoms with E-state index in [0.717, 1.165) is 31.2 Å². The molecule has 6 heteroatoms. The zero-order valence-electron chi connectivity index (χ0n) is 20.3. The topological polar surface area (TPSA) is 63.2 Å². The van der Waals surface area contributed by atoms with Crippen molar-refractivity contribution >= 4 is 5.78 Å². The summed E-state index contributed by atoms with van der Waals surface area (Å²) < 4.78 is 29.8. The average Bonchev–Trinajstić information content (AvgIpc) is 2.83. The molecule has 0 saturated carbocycles. The molecule has 1 aliphatic heterocycles. The Morgan fingerprint density at radius 3 is 2.03 bits per heavy atom. The van der Waals surface area contributed by atoms with Crippen molar-refractivity contribution in [3.05, 3.63) is 41.5 Å². The van der Waals surface area contributed by atoms with Crippen molar-refractivity contribution in [2.75, 3.05) is 26.4 Å². The summed E-state index contributed by atoms with van der Waals surface area (Å²) in [6, 6.07) is 9.35. The SMILES string of the molecule is CCCOc1cc(OCCC)c2c(c1)OC(c1ccc(OCCC)c(OCCC)c1)CC2=O. The van der Waals surface area contributed by atoms with Gasteiger partial charge in [-0.15, -0.1) is 0 Å². The van der Waals surface area contributed by atoms with Crippen molar-refractivity contribution in [1.82, 2.24) is 0 Å². The number of hydrogen-bond acceptors (Lipinski definition) is 6. The Labute approximate surface area is 197 Å². The number of Topliss-reactive ketones (excluding diaryl/α,β-unsaturated/α-hetero) is 1.